The number of likely N-dealkylation sites (tertiary alicyclic amines) is 1. The van der Waals surface area contributed by atoms with Crippen LogP contribution in [0.15, 0.2) is 42.5 Å². The van der Waals surface area contributed by atoms with Crippen molar-refractivity contribution < 1.29 is 14.3 Å². The number of aromatic nitrogens is 2. The third-order valence-electron chi connectivity index (χ3n) is 5.18. The Hall–Kier alpha value is -3.19. The molecule has 4 rings (SSSR count). The van der Waals surface area contributed by atoms with Crippen molar-refractivity contribution in [2.24, 2.45) is 0 Å². The average Bonchev–Trinajstić information content (AvgIpc) is 3.15. The first-order valence-electron chi connectivity index (χ1n) is 9.83. The van der Waals surface area contributed by atoms with Crippen LogP contribution in [0.1, 0.15) is 45.8 Å². The van der Waals surface area contributed by atoms with Crippen LogP contribution in [0.4, 0.5) is 5.69 Å². The lowest BCUT2D eigenvalue weighted by Crippen LogP contribution is -2.29. The third-order valence-corrected chi connectivity index (χ3v) is 5.18. The van der Waals surface area contributed by atoms with E-state index in [-0.39, 0.29) is 5.91 Å². The van der Waals surface area contributed by atoms with Crippen LogP contribution in [0.3, 0.4) is 0 Å². The SMILES string of the molecule is COC(=O)c1ccc(C(=O)Nc2ccc3nc(CN4CCCCC4)[nH]c3c2)cc1. The molecule has 29 heavy (non-hydrogen) atoms. The fourth-order valence-electron chi connectivity index (χ4n) is 3.62. The molecule has 7 heteroatoms. The number of fused-ring (bicyclic) bond motifs is 1. The number of esters is 1. The van der Waals surface area contributed by atoms with Gasteiger partial charge in [0.25, 0.3) is 5.91 Å². The van der Waals surface area contributed by atoms with Crippen LogP contribution in [0.2, 0.25) is 0 Å². The minimum Gasteiger partial charge on any atom is -0.465 e. The Morgan fingerprint density at radius 2 is 1.79 bits per heavy atom. The van der Waals surface area contributed by atoms with E-state index in [4.69, 9.17) is 0 Å². The van der Waals surface area contributed by atoms with Gasteiger partial charge in [-0.1, -0.05) is 6.42 Å². The molecule has 150 valence electrons. The van der Waals surface area contributed by atoms with Gasteiger partial charge in [-0.2, -0.15) is 0 Å². The molecule has 2 heterocycles. The molecule has 0 radical (unpaired) electrons. The van der Waals surface area contributed by atoms with E-state index in [2.05, 4.69) is 24.9 Å². The molecule has 1 fully saturated rings. The Bertz CT molecular complexity index is 1020. The number of aromatic amines is 1. The summed E-state index contributed by atoms with van der Waals surface area (Å²) in [7, 11) is 1.33. The summed E-state index contributed by atoms with van der Waals surface area (Å²) in [6.07, 6.45) is 3.80. The Balaban J connectivity index is 1.44. The molecule has 0 aliphatic carbocycles. The average molecular weight is 392 g/mol. The van der Waals surface area contributed by atoms with E-state index in [1.165, 1.54) is 26.4 Å². The van der Waals surface area contributed by atoms with Gasteiger partial charge in [-0.25, -0.2) is 9.78 Å². The number of rotatable bonds is 5. The molecule has 1 saturated heterocycles. The van der Waals surface area contributed by atoms with Crippen molar-refractivity contribution in [2.45, 2.75) is 25.8 Å². The molecule has 0 atom stereocenters. The summed E-state index contributed by atoms with van der Waals surface area (Å²) in [5.41, 5.74) is 3.35. The van der Waals surface area contributed by atoms with Crippen molar-refractivity contribution in [1.82, 2.24) is 14.9 Å². The minimum absolute atomic E-state index is 0.242. The standard InChI is InChI=1S/C22H24N4O3/c1-29-22(28)16-7-5-15(6-8-16)21(27)23-17-9-10-18-19(13-17)25-20(24-18)14-26-11-3-2-4-12-26/h5-10,13H,2-4,11-12,14H2,1H3,(H,23,27)(H,24,25). The van der Waals surface area contributed by atoms with Gasteiger partial charge < -0.3 is 15.0 Å². The molecule has 2 N–H and O–H groups in total. The Morgan fingerprint density at radius 1 is 1.07 bits per heavy atom. The zero-order valence-electron chi connectivity index (χ0n) is 16.4. The van der Waals surface area contributed by atoms with Gasteiger partial charge in [-0.15, -0.1) is 0 Å². The highest BCUT2D eigenvalue weighted by Crippen LogP contribution is 2.20. The fraction of sp³-hybridized carbons (Fsp3) is 0.318. The minimum atomic E-state index is -0.429. The van der Waals surface area contributed by atoms with E-state index in [9.17, 15) is 9.59 Å². The fourth-order valence-corrected chi connectivity index (χ4v) is 3.62. The monoisotopic (exact) mass is 392 g/mol. The summed E-state index contributed by atoms with van der Waals surface area (Å²) >= 11 is 0. The van der Waals surface area contributed by atoms with Crippen LogP contribution >= 0.6 is 0 Å². The van der Waals surface area contributed by atoms with E-state index in [0.717, 1.165) is 36.5 Å². The second kappa shape index (κ2) is 8.45. The molecule has 1 aliphatic rings. The molecule has 1 aromatic heterocycles. The highest BCUT2D eigenvalue weighted by atomic mass is 16.5. The maximum atomic E-state index is 12.5. The number of H-pyrrole nitrogens is 1. The number of hydrogen-bond donors (Lipinski definition) is 2. The molecule has 0 spiro atoms. The quantitative estimate of drug-likeness (QED) is 0.648. The lowest BCUT2D eigenvalue weighted by molar-refractivity contribution is 0.0600. The van der Waals surface area contributed by atoms with Gasteiger partial charge >= 0.3 is 5.97 Å². The van der Waals surface area contributed by atoms with Gasteiger partial charge in [-0.05, 0) is 68.4 Å². The molecule has 0 bridgehead atoms. The number of imidazole rings is 1. The first-order valence-corrected chi connectivity index (χ1v) is 9.83. The molecule has 1 aliphatic heterocycles. The van der Waals surface area contributed by atoms with Crippen molar-refractivity contribution in [1.29, 1.82) is 0 Å². The van der Waals surface area contributed by atoms with Crippen LogP contribution in [-0.4, -0.2) is 46.9 Å². The number of carbonyl (C=O) groups excluding carboxylic acids is 2. The Morgan fingerprint density at radius 3 is 2.52 bits per heavy atom. The van der Waals surface area contributed by atoms with Crippen molar-refractivity contribution in [2.75, 3.05) is 25.5 Å². The lowest BCUT2D eigenvalue weighted by atomic mass is 10.1. The second-order valence-corrected chi connectivity index (χ2v) is 7.28. The van der Waals surface area contributed by atoms with Crippen LogP contribution in [-0.2, 0) is 11.3 Å². The van der Waals surface area contributed by atoms with Crippen molar-refractivity contribution in [3.05, 3.63) is 59.4 Å². The lowest BCUT2D eigenvalue weighted by Gasteiger charge is -2.25. The number of piperidine rings is 1. The van der Waals surface area contributed by atoms with E-state index in [1.54, 1.807) is 24.3 Å². The smallest absolute Gasteiger partial charge is 0.337 e. The van der Waals surface area contributed by atoms with Gasteiger partial charge in [0.2, 0.25) is 0 Å². The summed E-state index contributed by atoms with van der Waals surface area (Å²) in [6.45, 7) is 3.06. The van der Waals surface area contributed by atoms with E-state index < -0.39 is 5.97 Å². The molecule has 0 saturated carbocycles. The second-order valence-electron chi connectivity index (χ2n) is 7.28. The van der Waals surface area contributed by atoms with E-state index in [1.807, 2.05) is 18.2 Å². The van der Waals surface area contributed by atoms with Gasteiger partial charge in [0, 0.05) is 11.3 Å². The first kappa shape index (κ1) is 19.1. The van der Waals surface area contributed by atoms with Crippen molar-refractivity contribution in [3.63, 3.8) is 0 Å². The highest BCUT2D eigenvalue weighted by molar-refractivity contribution is 6.05. The molecular formula is C22H24N4O3. The summed E-state index contributed by atoms with van der Waals surface area (Å²) in [6, 6.07) is 12.0. The number of benzene rings is 2. The predicted octanol–water partition coefficient (Wildman–Crippen LogP) is 3.59. The number of methoxy groups -OCH3 is 1. The number of anilines is 1. The predicted molar refractivity (Wildman–Crippen MR) is 111 cm³/mol. The highest BCUT2D eigenvalue weighted by Gasteiger charge is 2.14. The molecular weight excluding hydrogens is 368 g/mol. The maximum Gasteiger partial charge on any atom is 0.337 e. The van der Waals surface area contributed by atoms with Crippen molar-refractivity contribution >= 4 is 28.6 Å². The summed E-state index contributed by atoms with van der Waals surface area (Å²) in [5, 5.41) is 2.89. The molecule has 2 aromatic carbocycles. The van der Waals surface area contributed by atoms with Gasteiger partial charge in [0.1, 0.15) is 5.82 Å². The number of ether oxygens (including phenoxy) is 1. The number of nitrogens with one attached hydrogen (secondary N) is 2. The van der Waals surface area contributed by atoms with E-state index in [0.29, 0.717) is 16.8 Å². The van der Waals surface area contributed by atoms with Crippen LogP contribution < -0.4 is 5.32 Å². The number of hydrogen-bond acceptors (Lipinski definition) is 5. The zero-order chi connectivity index (χ0) is 20.2. The van der Waals surface area contributed by atoms with Crippen LogP contribution in [0.25, 0.3) is 11.0 Å². The van der Waals surface area contributed by atoms with Gasteiger partial charge in [0.05, 0.1) is 30.3 Å². The summed E-state index contributed by atoms with van der Waals surface area (Å²) in [4.78, 5) is 34.5. The molecule has 1 amide bonds. The number of carbonyl (C=O) groups is 2. The zero-order valence-corrected chi connectivity index (χ0v) is 16.4. The van der Waals surface area contributed by atoms with Crippen molar-refractivity contribution in [3.8, 4) is 0 Å². The maximum absolute atomic E-state index is 12.5. The summed E-state index contributed by atoms with van der Waals surface area (Å²) in [5.74, 6) is 0.277. The number of nitrogens with zero attached hydrogens (tertiary/aromatic N) is 2. The summed E-state index contributed by atoms with van der Waals surface area (Å²) < 4.78 is 4.67. The number of amides is 1. The van der Waals surface area contributed by atoms with Gasteiger partial charge in [-0.3, -0.25) is 9.69 Å². The first-order chi connectivity index (χ1) is 14.1. The van der Waals surface area contributed by atoms with Gasteiger partial charge in [0.15, 0.2) is 0 Å². The topological polar surface area (TPSA) is 87.3 Å². The molecule has 7 nitrogen and oxygen atoms in total. The van der Waals surface area contributed by atoms with E-state index >= 15 is 0 Å². The Kier molecular flexibility index (Phi) is 5.57. The third kappa shape index (κ3) is 4.46. The van der Waals surface area contributed by atoms with Crippen LogP contribution in [0, 0.1) is 0 Å². The van der Waals surface area contributed by atoms with Crippen LogP contribution in [0.5, 0.6) is 0 Å². The largest absolute Gasteiger partial charge is 0.465 e. The molecule has 3 aromatic rings. The Labute approximate surface area is 169 Å². The molecule has 0 unspecified atom stereocenters. The normalized spacial score (nSPS) is 14.7.